The van der Waals surface area contributed by atoms with Crippen molar-refractivity contribution in [3.05, 3.63) is 42.0 Å². The van der Waals surface area contributed by atoms with E-state index >= 15 is 0 Å². The molecule has 2 aromatic carbocycles. The molecule has 2 aromatic rings. The maximum Gasteiger partial charge on any atom is 0.294 e. The zero-order valence-corrected chi connectivity index (χ0v) is 8.94. The lowest BCUT2D eigenvalue weighted by atomic mass is 10.1. The molecule has 0 heterocycles. The summed E-state index contributed by atoms with van der Waals surface area (Å²) in [5, 5.41) is 1.25. The Kier molecular flexibility index (Phi) is 2.49. The molecule has 0 saturated heterocycles. The van der Waals surface area contributed by atoms with Crippen molar-refractivity contribution in [2.75, 3.05) is 0 Å². The molecular formula is C11H8O4S. The fourth-order valence-electron chi connectivity index (χ4n) is 1.55. The summed E-state index contributed by atoms with van der Waals surface area (Å²) in [7, 11) is -4.20. The maximum absolute atomic E-state index is 10.9. The van der Waals surface area contributed by atoms with Gasteiger partial charge in [0.15, 0.2) is 6.29 Å². The molecule has 0 unspecified atom stereocenters. The van der Waals surface area contributed by atoms with Crippen molar-refractivity contribution in [1.29, 1.82) is 0 Å². The minimum absolute atomic E-state index is 0.178. The first kappa shape index (κ1) is 10.8. The van der Waals surface area contributed by atoms with E-state index in [0.717, 1.165) is 0 Å². The summed E-state index contributed by atoms with van der Waals surface area (Å²) in [6.07, 6.45) is 0.704. The highest BCUT2D eigenvalue weighted by atomic mass is 32.2. The Bertz CT molecular complexity index is 659. The molecule has 82 valence electrons. The van der Waals surface area contributed by atoms with Gasteiger partial charge in [-0.25, -0.2) is 0 Å². The molecule has 0 aliphatic carbocycles. The molecule has 16 heavy (non-hydrogen) atoms. The summed E-state index contributed by atoms with van der Waals surface area (Å²) in [5.41, 5.74) is 0.486. The second kappa shape index (κ2) is 3.70. The van der Waals surface area contributed by atoms with Gasteiger partial charge in [0.05, 0.1) is 4.90 Å². The fraction of sp³-hybridized carbons (Fsp3) is 0. The van der Waals surface area contributed by atoms with Gasteiger partial charge in [-0.05, 0) is 22.9 Å². The lowest BCUT2D eigenvalue weighted by molar-refractivity contribution is 0.112. The van der Waals surface area contributed by atoms with Crippen molar-refractivity contribution in [3.8, 4) is 0 Å². The van der Waals surface area contributed by atoms with E-state index < -0.39 is 10.1 Å². The molecule has 0 bridgehead atoms. The predicted octanol–water partition coefficient (Wildman–Crippen LogP) is 1.90. The SMILES string of the molecule is O=Cc1cccc2cc(S(=O)(=O)O)ccc12. The Balaban J connectivity index is 2.79. The van der Waals surface area contributed by atoms with E-state index in [-0.39, 0.29) is 4.90 Å². The van der Waals surface area contributed by atoms with Crippen LogP contribution in [0.1, 0.15) is 10.4 Å². The van der Waals surface area contributed by atoms with Crippen LogP contribution in [-0.4, -0.2) is 19.3 Å². The van der Waals surface area contributed by atoms with Gasteiger partial charge < -0.3 is 0 Å². The number of benzene rings is 2. The van der Waals surface area contributed by atoms with Gasteiger partial charge in [-0.3, -0.25) is 9.35 Å². The van der Waals surface area contributed by atoms with Crippen LogP contribution in [0.25, 0.3) is 10.8 Å². The number of carbonyl (C=O) groups excluding carboxylic acids is 1. The van der Waals surface area contributed by atoms with Crippen LogP contribution in [0.4, 0.5) is 0 Å². The Morgan fingerprint density at radius 1 is 1.12 bits per heavy atom. The van der Waals surface area contributed by atoms with E-state index in [1.165, 1.54) is 18.2 Å². The van der Waals surface area contributed by atoms with E-state index in [1.807, 2.05) is 0 Å². The lowest BCUT2D eigenvalue weighted by Gasteiger charge is -2.02. The van der Waals surface area contributed by atoms with E-state index in [1.54, 1.807) is 18.2 Å². The third kappa shape index (κ3) is 1.82. The standard InChI is InChI=1S/C11H8O4S/c12-7-9-3-1-2-8-6-10(16(13,14)15)4-5-11(8)9/h1-7H,(H,13,14,15). The van der Waals surface area contributed by atoms with E-state index in [0.29, 0.717) is 22.6 Å². The van der Waals surface area contributed by atoms with Crippen molar-refractivity contribution in [1.82, 2.24) is 0 Å². The Labute approximate surface area is 92.3 Å². The number of fused-ring (bicyclic) bond motifs is 1. The summed E-state index contributed by atoms with van der Waals surface area (Å²) in [4.78, 5) is 10.6. The van der Waals surface area contributed by atoms with Gasteiger partial charge in [0.2, 0.25) is 0 Å². The molecule has 0 atom stereocenters. The van der Waals surface area contributed by atoms with Gasteiger partial charge in [0.25, 0.3) is 10.1 Å². The first-order valence-corrected chi connectivity index (χ1v) is 5.92. The minimum atomic E-state index is -4.20. The summed E-state index contributed by atoms with van der Waals surface area (Å²) in [6, 6.07) is 9.07. The molecule has 0 fully saturated rings. The van der Waals surface area contributed by atoms with Gasteiger partial charge in [-0.1, -0.05) is 24.3 Å². The molecule has 4 nitrogen and oxygen atoms in total. The van der Waals surface area contributed by atoms with Gasteiger partial charge in [-0.15, -0.1) is 0 Å². The van der Waals surface area contributed by atoms with Crippen molar-refractivity contribution in [2.45, 2.75) is 4.90 Å². The average Bonchev–Trinajstić information content (AvgIpc) is 2.26. The second-order valence-corrected chi connectivity index (χ2v) is 4.74. The first-order chi connectivity index (χ1) is 7.52. The first-order valence-electron chi connectivity index (χ1n) is 4.48. The van der Waals surface area contributed by atoms with Crippen LogP contribution in [0.15, 0.2) is 41.3 Å². The van der Waals surface area contributed by atoms with Crippen molar-refractivity contribution < 1.29 is 17.8 Å². The maximum atomic E-state index is 10.9. The topological polar surface area (TPSA) is 71.4 Å². The fourth-order valence-corrected chi connectivity index (χ4v) is 2.07. The van der Waals surface area contributed by atoms with Crippen LogP contribution in [0.3, 0.4) is 0 Å². The smallest absolute Gasteiger partial charge is 0.294 e. The highest BCUT2D eigenvalue weighted by Crippen LogP contribution is 2.21. The lowest BCUT2D eigenvalue weighted by Crippen LogP contribution is -1.97. The molecule has 0 radical (unpaired) electrons. The number of hydrogen-bond acceptors (Lipinski definition) is 3. The zero-order chi connectivity index (χ0) is 11.8. The van der Waals surface area contributed by atoms with Crippen molar-refractivity contribution in [3.63, 3.8) is 0 Å². The summed E-state index contributed by atoms with van der Waals surface area (Å²) in [6.45, 7) is 0. The Hall–Kier alpha value is -1.72. The van der Waals surface area contributed by atoms with Crippen LogP contribution >= 0.6 is 0 Å². The third-order valence-electron chi connectivity index (χ3n) is 2.31. The molecule has 0 spiro atoms. The largest absolute Gasteiger partial charge is 0.298 e. The Morgan fingerprint density at radius 3 is 2.50 bits per heavy atom. The summed E-state index contributed by atoms with van der Waals surface area (Å²) < 4.78 is 30.7. The highest BCUT2D eigenvalue weighted by molar-refractivity contribution is 7.85. The van der Waals surface area contributed by atoms with E-state index in [9.17, 15) is 13.2 Å². The summed E-state index contributed by atoms with van der Waals surface area (Å²) >= 11 is 0. The van der Waals surface area contributed by atoms with Crippen LogP contribution in [0, 0.1) is 0 Å². The molecule has 0 amide bonds. The Morgan fingerprint density at radius 2 is 1.88 bits per heavy atom. The normalized spacial score (nSPS) is 11.6. The summed E-state index contributed by atoms with van der Waals surface area (Å²) in [5.74, 6) is 0. The average molecular weight is 236 g/mol. The van der Waals surface area contributed by atoms with Gasteiger partial charge >= 0.3 is 0 Å². The van der Waals surface area contributed by atoms with Gasteiger partial charge in [-0.2, -0.15) is 8.42 Å². The molecule has 0 aromatic heterocycles. The van der Waals surface area contributed by atoms with Crippen LogP contribution in [-0.2, 0) is 10.1 Å². The molecule has 5 heteroatoms. The monoisotopic (exact) mass is 236 g/mol. The van der Waals surface area contributed by atoms with Crippen molar-refractivity contribution in [2.24, 2.45) is 0 Å². The second-order valence-electron chi connectivity index (χ2n) is 3.32. The molecule has 0 saturated carbocycles. The quantitative estimate of drug-likeness (QED) is 0.638. The van der Waals surface area contributed by atoms with E-state index in [4.69, 9.17) is 4.55 Å². The van der Waals surface area contributed by atoms with E-state index in [2.05, 4.69) is 0 Å². The number of rotatable bonds is 2. The van der Waals surface area contributed by atoms with Crippen LogP contribution in [0.2, 0.25) is 0 Å². The molecular weight excluding hydrogens is 228 g/mol. The number of hydrogen-bond donors (Lipinski definition) is 1. The van der Waals surface area contributed by atoms with Gasteiger partial charge in [0.1, 0.15) is 0 Å². The molecule has 2 rings (SSSR count). The third-order valence-corrected chi connectivity index (χ3v) is 3.16. The minimum Gasteiger partial charge on any atom is -0.298 e. The van der Waals surface area contributed by atoms with Crippen LogP contribution in [0.5, 0.6) is 0 Å². The van der Waals surface area contributed by atoms with Gasteiger partial charge in [0, 0.05) is 5.56 Å². The molecule has 0 aliphatic heterocycles. The predicted molar refractivity (Wildman–Crippen MR) is 59.2 cm³/mol. The highest BCUT2D eigenvalue weighted by Gasteiger charge is 2.10. The van der Waals surface area contributed by atoms with Crippen LogP contribution < -0.4 is 0 Å². The van der Waals surface area contributed by atoms with Crippen molar-refractivity contribution >= 4 is 27.2 Å². The molecule has 0 aliphatic rings. The zero-order valence-electron chi connectivity index (χ0n) is 8.12. The number of carbonyl (C=O) groups is 1. The molecule has 1 N–H and O–H groups in total. The number of aldehydes is 1.